The molecule has 0 aliphatic heterocycles. The Morgan fingerprint density at radius 2 is 1.81 bits per heavy atom. The molecule has 1 aromatic heterocycles. The number of carbonyl (C=O) groups excluding carboxylic acids is 1. The van der Waals surface area contributed by atoms with E-state index < -0.39 is 23.2 Å². The summed E-state index contributed by atoms with van der Waals surface area (Å²) < 4.78 is 38.9. The highest BCUT2D eigenvalue weighted by molar-refractivity contribution is 6.30. The lowest BCUT2D eigenvalue weighted by Crippen LogP contribution is -2.28. The van der Waals surface area contributed by atoms with E-state index >= 15 is 0 Å². The van der Waals surface area contributed by atoms with Crippen LogP contribution >= 0.6 is 11.6 Å². The Kier molecular flexibility index (Phi) is 5.46. The standard InChI is InChI=1S/C18H14ClF3N4O/c19-12-7-5-11(6-8-12)16-24-15(25-26-16)9-10-23-17(27)13-3-1-2-4-14(13)18(20,21)22/h1-8H,9-10H2,(H,23,27)(H,24,25,26). The van der Waals surface area contributed by atoms with Crippen LogP contribution in [0.2, 0.25) is 5.02 Å². The third-order valence-electron chi connectivity index (χ3n) is 3.76. The molecule has 5 nitrogen and oxygen atoms in total. The number of aromatic amines is 1. The van der Waals surface area contributed by atoms with Crippen LogP contribution in [0.15, 0.2) is 48.5 Å². The van der Waals surface area contributed by atoms with E-state index in [1.54, 1.807) is 24.3 Å². The highest BCUT2D eigenvalue weighted by Crippen LogP contribution is 2.31. The second kappa shape index (κ2) is 7.79. The molecule has 0 radical (unpaired) electrons. The molecule has 0 saturated heterocycles. The number of rotatable bonds is 5. The summed E-state index contributed by atoms with van der Waals surface area (Å²) in [5.41, 5.74) is -0.610. The summed E-state index contributed by atoms with van der Waals surface area (Å²) in [6.07, 6.45) is -4.30. The van der Waals surface area contributed by atoms with Gasteiger partial charge in [-0.1, -0.05) is 23.7 Å². The lowest BCUT2D eigenvalue weighted by atomic mass is 10.1. The van der Waals surface area contributed by atoms with Crippen molar-refractivity contribution < 1.29 is 18.0 Å². The first kappa shape index (κ1) is 18.9. The van der Waals surface area contributed by atoms with E-state index in [4.69, 9.17) is 11.6 Å². The van der Waals surface area contributed by atoms with Gasteiger partial charge in [0, 0.05) is 23.6 Å². The van der Waals surface area contributed by atoms with Gasteiger partial charge in [-0.15, -0.1) is 0 Å². The van der Waals surface area contributed by atoms with Gasteiger partial charge in [-0.25, -0.2) is 4.98 Å². The van der Waals surface area contributed by atoms with Gasteiger partial charge in [0.2, 0.25) is 0 Å². The molecule has 2 N–H and O–H groups in total. The summed E-state index contributed by atoms with van der Waals surface area (Å²) in [5.74, 6) is 0.181. The Morgan fingerprint density at radius 3 is 2.52 bits per heavy atom. The van der Waals surface area contributed by atoms with Crippen molar-refractivity contribution in [3.8, 4) is 11.4 Å². The first-order chi connectivity index (χ1) is 12.8. The molecule has 1 amide bonds. The predicted molar refractivity (Wildman–Crippen MR) is 94.3 cm³/mol. The number of hydrogen-bond acceptors (Lipinski definition) is 3. The minimum atomic E-state index is -4.59. The molecule has 0 unspecified atom stereocenters. The zero-order chi connectivity index (χ0) is 19.4. The van der Waals surface area contributed by atoms with E-state index in [-0.39, 0.29) is 6.54 Å². The van der Waals surface area contributed by atoms with Crippen LogP contribution in [-0.4, -0.2) is 27.6 Å². The molecule has 0 saturated carbocycles. The molecule has 0 aliphatic rings. The van der Waals surface area contributed by atoms with Crippen molar-refractivity contribution >= 4 is 17.5 Å². The van der Waals surface area contributed by atoms with Crippen LogP contribution in [0.3, 0.4) is 0 Å². The maximum Gasteiger partial charge on any atom is 0.417 e. The van der Waals surface area contributed by atoms with Crippen LogP contribution in [0, 0.1) is 0 Å². The topological polar surface area (TPSA) is 70.7 Å². The minimum absolute atomic E-state index is 0.111. The normalized spacial score (nSPS) is 11.4. The van der Waals surface area contributed by atoms with Crippen LogP contribution in [0.4, 0.5) is 13.2 Å². The summed E-state index contributed by atoms with van der Waals surface area (Å²) in [4.78, 5) is 16.4. The first-order valence-corrected chi connectivity index (χ1v) is 8.34. The van der Waals surface area contributed by atoms with Gasteiger partial charge in [0.25, 0.3) is 5.91 Å². The second-order valence-corrected chi connectivity index (χ2v) is 6.10. The number of amides is 1. The van der Waals surface area contributed by atoms with Gasteiger partial charge in [-0.2, -0.15) is 18.3 Å². The van der Waals surface area contributed by atoms with E-state index in [1.807, 2.05) is 0 Å². The van der Waals surface area contributed by atoms with E-state index in [0.717, 1.165) is 17.7 Å². The van der Waals surface area contributed by atoms with Crippen molar-refractivity contribution in [2.45, 2.75) is 12.6 Å². The maximum atomic E-state index is 13.0. The summed E-state index contributed by atoms with van der Waals surface area (Å²) in [7, 11) is 0. The fourth-order valence-electron chi connectivity index (χ4n) is 2.45. The van der Waals surface area contributed by atoms with Crippen LogP contribution < -0.4 is 5.32 Å². The molecule has 9 heteroatoms. The number of benzene rings is 2. The largest absolute Gasteiger partial charge is 0.417 e. The molecular weight excluding hydrogens is 381 g/mol. The Labute approximate surface area is 157 Å². The molecule has 2 aromatic carbocycles. The molecule has 3 aromatic rings. The lowest BCUT2D eigenvalue weighted by molar-refractivity contribution is -0.137. The van der Waals surface area contributed by atoms with Gasteiger partial charge in [-0.05, 0) is 36.4 Å². The zero-order valence-corrected chi connectivity index (χ0v) is 14.6. The number of H-pyrrole nitrogens is 1. The number of nitrogens with one attached hydrogen (secondary N) is 2. The van der Waals surface area contributed by atoms with E-state index in [0.29, 0.717) is 23.1 Å². The molecule has 27 heavy (non-hydrogen) atoms. The van der Waals surface area contributed by atoms with Crippen molar-refractivity contribution in [3.63, 3.8) is 0 Å². The molecule has 140 valence electrons. The quantitative estimate of drug-likeness (QED) is 0.684. The number of alkyl halides is 3. The van der Waals surface area contributed by atoms with E-state index in [9.17, 15) is 18.0 Å². The molecule has 3 rings (SSSR count). The Morgan fingerprint density at radius 1 is 1.11 bits per heavy atom. The van der Waals surface area contributed by atoms with Crippen LogP contribution in [-0.2, 0) is 12.6 Å². The fourth-order valence-corrected chi connectivity index (χ4v) is 2.58. The van der Waals surface area contributed by atoms with Crippen molar-refractivity contribution in [2.24, 2.45) is 0 Å². The Balaban J connectivity index is 1.61. The lowest BCUT2D eigenvalue weighted by Gasteiger charge is -2.12. The van der Waals surface area contributed by atoms with Crippen LogP contribution in [0.25, 0.3) is 11.4 Å². The van der Waals surface area contributed by atoms with Gasteiger partial charge in [0.1, 0.15) is 5.82 Å². The highest BCUT2D eigenvalue weighted by atomic mass is 35.5. The van der Waals surface area contributed by atoms with Gasteiger partial charge >= 0.3 is 6.18 Å². The highest BCUT2D eigenvalue weighted by Gasteiger charge is 2.34. The summed E-state index contributed by atoms with van der Waals surface area (Å²) in [6.45, 7) is 0.111. The summed E-state index contributed by atoms with van der Waals surface area (Å²) >= 11 is 5.83. The van der Waals surface area contributed by atoms with Crippen molar-refractivity contribution in [1.82, 2.24) is 20.5 Å². The van der Waals surface area contributed by atoms with Gasteiger partial charge in [0.15, 0.2) is 5.82 Å². The van der Waals surface area contributed by atoms with E-state index in [2.05, 4.69) is 20.5 Å². The molecule has 0 spiro atoms. The summed E-state index contributed by atoms with van der Waals surface area (Å²) in [5, 5.41) is 9.89. The average Bonchev–Trinajstić information content (AvgIpc) is 3.10. The molecular formula is C18H14ClF3N4O. The van der Waals surface area contributed by atoms with Crippen LogP contribution in [0.1, 0.15) is 21.7 Å². The zero-order valence-electron chi connectivity index (χ0n) is 13.8. The number of hydrogen-bond donors (Lipinski definition) is 2. The third kappa shape index (κ3) is 4.65. The van der Waals surface area contributed by atoms with Gasteiger partial charge < -0.3 is 5.32 Å². The van der Waals surface area contributed by atoms with Crippen molar-refractivity contribution in [1.29, 1.82) is 0 Å². The number of nitrogens with zero attached hydrogens (tertiary/aromatic N) is 2. The maximum absolute atomic E-state index is 13.0. The summed E-state index contributed by atoms with van der Waals surface area (Å²) in [6, 6.07) is 11.6. The molecule has 0 fully saturated rings. The van der Waals surface area contributed by atoms with Crippen LogP contribution in [0.5, 0.6) is 0 Å². The van der Waals surface area contributed by atoms with Crippen molar-refractivity contribution in [3.05, 3.63) is 70.5 Å². The Bertz CT molecular complexity index is 938. The third-order valence-corrected chi connectivity index (χ3v) is 4.01. The minimum Gasteiger partial charge on any atom is -0.352 e. The van der Waals surface area contributed by atoms with Gasteiger partial charge in [-0.3, -0.25) is 9.89 Å². The van der Waals surface area contributed by atoms with Gasteiger partial charge in [0.05, 0.1) is 11.1 Å². The molecule has 0 bridgehead atoms. The average molecular weight is 395 g/mol. The number of halogens is 4. The molecule has 0 aliphatic carbocycles. The number of aromatic nitrogens is 3. The van der Waals surface area contributed by atoms with E-state index in [1.165, 1.54) is 12.1 Å². The second-order valence-electron chi connectivity index (χ2n) is 5.66. The SMILES string of the molecule is O=C(NCCc1nc(-c2ccc(Cl)cc2)n[nH]1)c1ccccc1C(F)(F)F. The first-order valence-electron chi connectivity index (χ1n) is 7.96. The molecule has 1 heterocycles. The fraction of sp³-hybridized carbons (Fsp3) is 0.167. The van der Waals surface area contributed by atoms with Crippen molar-refractivity contribution in [2.75, 3.05) is 6.54 Å². The number of carbonyl (C=O) groups is 1. The molecule has 0 atom stereocenters. The predicted octanol–water partition coefficient (Wildman–Crippen LogP) is 4.12. The smallest absolute Gasteiger partial charge is 0.352 e. The monoisotopic (exact) mass is 394 g/mol. The Hall–Kier alpha value is -2.87.